The summed E-state index contributed by atoms with van der Waals surface area (Å²) in [5.74, 6) is 1.04. The third-order valence-electron chi connectivity index (χ3n) is 2.27. The van der Waals surface area contributed by atoms with E-state index >= 15 is 0 Å². The number of benzene rings is 1. The predicted octanol–water partition coefficient (Wildman–Crippen LogP) is 1.41. The highest BCUT2D eigenvalue weighted by molar-refractivity contribution is 8.14. The zero-order valence-corrected chi connectivity index (χ0v) is 9.20. The Morgan fingerprint density at radius 3 is 2.80 bits per heavy atom. The quantitative estimate of drug-likeness (QED) is 0.813. The van der Waals surface area contributed by atoms with Crippen molar-refractivity contribution in [2.24, 2.45) is 4.99 Å². The topological polar surface area (TPSA) is 44.6 Å². The van der Waals surface area contributed by atoms with Crippen LogP contribution in [0.15, 0.2) is 35.3 Å². The zero-order valence-electron chi connectivity index (χ0n) is 8.39. The maximum atomic E-state index is 9.31. The van der Waals surface area contributed by atoms with Crippen molar-refractivity contribution in [3.05, 3.63) is 35.9 Å². The van der Waals surface area contributed by atoms with Crippen molar-refractivity contribution >= 4 is 16.9 Å². The van der Waals surface area contributed by atoms with Gasteiger partial charge in [-0.3, -0.25) is 4.99 Å². The number of thioether (sulfide) groups is 1. The van der Waals surface area contributed by atoms with Crippen LogP contribution in [0.1, 0.15) is 11.6 Å². The van der Waals surface area contributed by atoms with Crippen LogP contribution in [-0.2, 0) is 0 Å². The summed E-state index contributed by atoms with van der Waals surface area (Å²) in [6.07, 6.45) is 0. The van der Waals surface area contributed by atoms with Crippen LogP contribution in [0.5, 0.6) is 0 Å². The Bertz CT molecular complexity index is 340. The lowest BCUT2D eigenvalue weighted by Crippen LogP contribution is -2.27. The smallest absolute Gasteiger partial charge is 0.157 e. The van der Waals surface area contributed by atoms with Gasteiger partial charge in [0, 0.05) is 5.75 Å². The number of aliphatic hydroxyl groups excluding tert-OH is 1. The molecular weight excluding hydrogens is 208 g/mol. The number of hydrogen-bond donors (Lipinski definition) is 2. The second-order valence-corrected chi connectivity index (χ2v) is 4.41. The van der Waals surface area contributed by atoms with Gasteiger partial charge in [0.1, 0.15) is 0 Å². The molecule has 0 spiro atoms. The summed E-state index contributed by atoms with van der Waals surface area (Å²) in [7, 11) is 0. The highest BCUT2D eigenvalue weighted by Gasteiger charge is 2.14. The van der Waals surface area contributed by atoms with Gasteiger partial charge in [-0.15, -0.1) is 0 Å². The van der Waals surface area contributed by atoms with Gasteiger partial charge in [-0.1, -0.05) is 42.1 Å². The molecule has 1 atom stereocenters. The molecule has 1 aliphatic rings. The standard InChI is InChI=1S/C11H14N2OS/c14-8-10(9-4-2-1-3-5-9)13-11-12-6-7-15-11/h1-5,10,14H,6-8H2,(H,12,13)/t10-/m0/s1. The fourth-order valence-electron chi connectivity index (χ4n) is 1.49. The van der Waals surface area contributed by atoms with Gasteiger partial charge in [0.05, 0.1) is 19.2 Å². The molecule has 0 aromatic heterocycles. The molecule has 0 fully saturated rings. The second-order valence-electron chi connectivity index (χ2n) is 3.33. The van der Waals surface area contributed by atoms with Gasteiger partial charge >= 0.3 is 0 Å². The van der Waals surface area contributed by atoms with Gasteiger partial charge in [0.25, 0.3) is 0 Å². The molecule has 0 radical (unpaired) electrons. The molecule has 0 bridgehead atoms. The number of rotatable bonds is 3. The molecule has 1 aliphatic heterocycles. The Morgan fingerprint density at radius 2 is 2.20 bits per heavy atom. The molecule has 80 valence electrons. The highest BCUT2D eigenvalue weighted by Crippen LogP contribution is 2.16. The van der Waals surface area contributed by atoms with Crippen LogP contribution in [0.25, 0.3) is 0 Å². The molecule has 0 aliphatic carbocycles. The maximum Gasteiger partial charge on any atom is 0.157 e. The largest absolute Gasteiger partial charge is 0.394 e. The zero-order chi connectivity index (χ0) is 10.5. The van der Waals surface area contributed by atoms with E-state index in [4.69, 9.17) is 0 Å². The summed E-state index contributed by atoms with van der Waals surface area (Å²) in [6.45, 7) is 0.962. The molecule has 3 nitrogen and oxygen atoms in total. The van der Waals surface area contributed by atoms with Crippen molar-refractivity contribution in [1.29, 1.82) is 0 Å². The van der Waals surface area contributed by atoms with Gasteiger partial charge in [0.2, 0.25) is 0 Å². The summed E-state index contributed by atoms with van der Waals surface area (Å²) >= 11 is 1.71. The lowest BCUT2D eigenvalue weighted by Gasteiger charge is -2.17. The van der Waals surface area contributed by atoms with E-state index in [1.165, 1.54) is 0 Å². The summed E-state index contributed by atoms with van der Waals surface area (Å²) < 4.78 is 0. The van der Waals surface area contributed by atoms with Gasteiger partial charge in [0.15, 0.2) is 5.17 Å². The van der Waals surface area contributed by atoms with E-state index < -0.39 is 0 Å². The van der Waals surface area contributed by atoms with Crippen LogP contribution in [0, 0.1) is 0 Å². The molecule has 1 heterocycles. The molecule has 0 amide bonds. The summed E-state index contributed by atoms with van der Waals surface area (Å²) in [6, 6.07) is 9.89. The first-order valence-electron chi connectivity index (χ1n) is 5.00. The first-order valence-corrected chi connectivity index (χ1v) is 5.98. The molecule has 15 heavy (non-hydrogen) atoms. The average Bonchev–Trinajstić information content (AvgIpc) is 2.80. The fraction of sp³-hybridized carbons (Fsp3) is 0.364. The Morgan fingerprint density at radius 1 is 1.40 bits per heavy atom. The summed E-state index contributed by atoms with van der Waals surface area (Å²) in [5.41, 5.74) is 1.09. The number of nitrogens with zero attached hydrogens (tertiary/aromatic N) is 1. The van der Waals surface area contributed by atoms with Crippen LogP contribution < -0.4 is 5.32 Å². The summed E-state index contributed by atoms with van der Waals surface area (Å²) in [4.78, 5) is 4.31. The van der Waals surface area contributed by atoms with E-state index in [9.17, 15) is 5.11 Å². The molecule has 2 N–H and O–H groups in total. The third kappa shape index (κ3) is 2.73. The van der Waals surface area contributed by atoms with Crippen molar-refractivity contribution in [2.45, 2.75) is 6.04 Å². The third-order valence-corrected chi connectivity index (χ3v) is 3.17. The number of nitrogens with one attached hydrogen (secondary N) is 1. The lowest BCUT2D eigenvalue weighted by molar-refractivity contribution is 0.258. The van der Waals surface area contributed by atoms with Crippen LogP contribution in [0.4, 0.5) is 0 Å². The minimum Gasteiger partial charge on any atom is -0.394 e. The Kier molecular flexibility index (Phi) is 3.64. The molecule has 1 aromatic carbocycles. The van der Waals surface area contributed by atoms with Crippen LogP contribution >= 0.6 is 11.8 Å². The van der Waals surface area contributed by atoms with Crippen molar-refractivity contribution in [3.63, 3.8) is 0 Å². The normalized spacial score (nSPS) is 17.3. The molecular formula is C11H14N2OS. The molecule has 0 saturated heterocycles. The van der Waals surface area contributed by atoms with Gasteiger partial charge < -0.3 is 10.4 Å². The van der Waals surface area contributed by atoms with E-state index in [0.717, 1.165) is 23.0 Å². The Balaban J connectivity index is 2.04. The van der Waals surface area contributed by atoms with Crippen molar-refractivity contribution < 1.29 is 5.11 Å². The van der Waals surface area contributed by atoms with E-state index in [0.29, 0.717) is 0 Å². The minimum atomic E-state index is -0.0458. The van der Waals surface area contributed by atoms with Gasteiger partial charge in [-0.05, 0) is 5.56 Å². The van der Waals surface area contributed by atoms with Crippen LogP contribution in [0.2, 0.25) is 0 Å². The fourth-order valence-corrected chi connectivity index (χ4v) is 2.28. The molecule has 2 rings (SSSR count). The molecule has 0 saturated carbocycles. The number of aliphatic hydroxyl groups is 1. The van der Waals surface area contributed by atoms with Gasteiger partial charge in [-0.2, -0.15) is 0 Å². The number of amidine groups is 1. The maximum absolute atomic E-state index is 9.31. The van der Waals surface area contributed by atoms with Crippen molar-refractivity contribution in [2.75, 3.05) is 18.9 Å². The molecule has 1 aromatic rings. The first kappa shape index (κ1) is 10.5. The molecule has 0 unspecified atom stereocenters. The highest BCUT2D eigenvalue weighted by atomic mass is 32.2. The van der Waals surface area contributed by atoms with Crippen molar-refractivity contribution in [1.82, 2.24) is 5.32 Å². The molecule has 4 heteroatoms. The Hall–Kier alpha value is -1.00. The minimum absolute atomic E-state index is 0.0458. The Labute approximate surface area is 93.6 Å². The lowest BCUT2D eigenvalue weighted by atomic mass is 10.1. The average molecular weight is 222 g/mol. The van der Waals surface area contributed by atoms with E-state index in [2.05, 4.69) is 10.3 Å². The number of hydrogen-bond acceptors (Lipinski definition) is 4. The second kappa shape index (κ2) is 5.19. The first-order chi connectivity index (χ1) is 7.40. The van der Waals surface area contributed by atoms with Crippen LogP contribution in [0.3, 0.4) is 0 Å². The van der Waals surface area contributed by atoms with Crippen LogP contribution in [-0.4, -0.2) is 29.2 Å². The van der Waals surface area contributed by atoms with E-state index in [1.54, 1.807) is 11.8 Å². The monoisotopic (exact) mass is 222 g/mol. The van der Waals surface area contributed by atoms with Crippen molar-refractivity contribution in [3.8, 4) is 0 Å². The van der Waals surface area contributed by atoms with E-state index in [1.807, 2.05) is 30.3 Å². The SMILES string of the molecule is OC[C@H](NC1=NCCS1)c1ccccc1. The van der Waals surface area contributed by atoms with E-state index in [-0.39, 0.29) is 12.6 Å². The predicted molar refractivity (Wildman–Crippen MR) is 64.2 cm³/mol. The number of aliphatic imine (C=N–C) groups is 1. The van der Waals surface area contributed by atoms with Gasteiger partial charge in [-0.25, -0.2) is 0 Å². The summed E-state index contributed by atoms with van der Waals surface area (Å²) in [5, 5.41) is 13.5.